The van der Waals surface area contributed by atoms with Gasteiger partial charge < -0.3 is 9.15 Å². The number of nitrogens with zero attached hydrogens (tertiary/aromatic N) is 4. The molecule has 3 heterocycles. The largest absolute Gasteiger partial charge is 0.493 e. The van der Waals surface area contributed by atoms with Crippen LogP contribution >= 0.6 is 15.9 Å². The van der Waals surface area contributed by atoms with Gasteiger partial charge in [0.25, 0.3) is 10.0 Å². The van der Waals surface area contributed by atoms with Gasteiger partial charge in [-0.1, -0.05) is 17.7 Å². The van der Waals surface area contributed by atoms with Crippen molar-refractivity contribution in [1.29, 1.82) is 0 Å². The number of benzene rings is 1. The van der Waals surface area contributed by atoms with Gasteiger partial charge in [0.05, 0.1) is 12.0 Å². The van der Waals surface area contributed by atoms with Crippen molar-refractivity contribution in [2.45, 2.75) is 11.8 Å². The summed E-state index contributed by atoms with van der Waals surface area (Å²) in [5.41, 5.74) is 1.28. The molecule has 1 N–H and O–H groups in total. The lowest BCUT2D eigenvalue weighted by molar-refractivity contribution is 0.409. The van der Waals surface area contributed by atoms with E-state index in [-0.39, 0.29) is 22.2 Å². The summed E-state index contributed by atoms with van der Waals surface area (Å²) in [5.74, 6) is 1.05. The highest BCUT2D eigenvalue weighted by Gasteiger charge is 2.27. The minimum absolute atomic E-state index is 0.166. The fraction of sp³-hybridized carbons (Fsp3) is 0.118. The molecule has 3 aromatic heterocycles. The van der Waals surface area contributed by atoms with Crippen LogP contribution in [0.15, 0.2) is 56.4 Å². The van der Waals surface area contributed by atoms with E-state index >= 15 is 0 Å². The fourth-order valence-corrected chi connectivity index (χ4v) is 4.68. The molecule has 11 heteroatoms. The Morgan fingerprint density at radius 1 is 1.21 bits per heavy atom. The summed E-state index contributed by atoms with van der Waals surface area (Å²) >= 11 is 3.40. The van der Waals surface area contributed by atoms with Gasteiger partial charge in [-0.15, -0.1) is 10.2 Å². The SMILES string of the molecule is COc1cc(-c2c(Br)ccn2S(=O)(=O)c2ccc(C)cc2)oc1-c1nn[nH]n1. The number of H-pyrrole nitrogens is 1. The normalized spacial score (nSPS) is 11.7. The zero-order valence-electron chi connectivity index (χ0n) is 14.7. The number of aryl methyl sites for hydroxylation is 1. The van der Waals surface area contributed by atoms with Crippen LogP contribution in [-0.2, 0) is 10.0 Å². The number of halogens is 1. The molecule has 0 radical (unpaired) electrons. The van der Waals surface area contributed by atoms with Crippen LogP contribution in [0, 0.1) is 6.92 Å². The minimum Gasteiger partial charge on any atom is -0.493 e. The molecule has 0 aliphatic rings. The van der Waals surface area contributed by atoms with Crippen molar-refractivity contribution in [3.05, 3.63) is 52.6 Å². The number of tetrazole rings is 1. The Kier molecular flexibility index (Phi) is 4.55. The first-order valence-corrected chi connectivity index (χ1v) is 10.3. The Labute approximate surface area is 168 Å². The molecule has 144 valence electrons. The zero-order chi connectivity index (χ0) is 19.9. The third-order valence-electron chi connectivity index (χ3n) is 4.08. The zero-order valence-corrected chi connectivity index (χ0v) is 17.2. The first-order chi connectivity index (χ1) is 13.4. The molecule has 0 atom stereocenters. The Bertz CT molecular complexity index is 1230. The number of ether oxygens (including phenoxy) is 1. The summed E-state index contributed by atoms with van der Waals surface area (Å²) in [7, 11) is -2.37. The number of methoxy groups -OCH3 is 1. The maximum Gasteiger partial charge on any atom is 0.268 e. The molecule has 0 aliphatic heterocycles. The van der Waals surface area contributed by atoms with Crippen molar-refractivity contribution in [1.82, 2.24) is 24.6 Å². The summed E-state index contributed by atoms with van der Waals surface area (Å²) < 4.78 is 39.2. The molecule has 28 heavy (non-hydrogen) atoms. The molecule has 0 aliphatic carbocycles. The summed E-state index contributed by atoms with van der Waals surface area (Å²) in [5, 5.41) is 13.6. The van der Waals surface area contributed by atoms with Crippen molar-refractivity contribution in [3.8, 4) is 28.8 Å². The van der Waals surface area contributed by atoms with Gasteiger partial charge >= 0.3 is 0 Å². The van der Waals surface area contributed by atoms with Crippen molar-refractivity contribution >= 4 is 26.0 Å². The standard InChI is InChI=1S/C17H14BrN5O4S/c1-10-3-5-11(6-4-10)28(24,25)23-8-7-12(18)15(23)13-9-14(26-2)16(27-13)17-19-21-22-20-17/h3-9H,1-2H3,(H,19,20,21,22). The highest BCUT2D eigenvalue weighted by Crippen LogP contribution is 2.40. The topological polar surface area (TPSA) is 116 Å². The van der Waals surface area contributed by atoms with Crippen LogP contribution in [0.3, 0.4) is 0 Å². The van der Waals surface area contributed by atoms with Crippen LogP contribution in [0.25, 0.3) is 23.0 Å². The second kappa shape index (κ2) is 6.91. The van der Waals surface area contributed by atoms with Gasteiger partial charge in [-0.3, -0.25) is 0 Å². The van der Waals surface area contributed by atoms with Crippen LogP contribution in [0.5, 0.6) is 5.75 Å². The Morgan fingerprint density at radius 2 is 1.96 bits per heavy atom. The van der Waals surface area contributed by atoms with Gasteiger partial charge in [-0.05, 0) is 46.3 Å². The van der Waals surface area contributed by atoms with E-state index in [0.717, 1.165) is 9.54 Å². The van der Waals surface area contributed by atoms with E-state index in [2.05, 4.69) is 36.6 Å². The molecule has 0 fully saturated rings. The van der Waals surface area contributed by atoms with Crippen molar-refractivity contribution in [3.63, 3.8) is 0 Å². The van der Waals surface area contributed by atoms with Crippen LogP contribution < -0.4 is 4.74 Å². The number of aromatic amines is 1. The molecule has 0 saturated heterocycles. The van der Waals surface area contributed by atoms with E-state index in [1.165, 1.54) is 13.3 Å². The van der Waals surface area contributed by atoms with Gasteiger partial charge in [0, 0.05) is 16.7 Å². The molecular formula is C17H14BrN5O4S. The number of furan rings is 1. The summed E-state index contributed by atoms with van der Waals surface area (Å²) in [4.78, 5) is 0.166. The van der Waals surface area contributed by atoms with Gasteiger partial charge in [-0.25, -0.2) is 12.4 Å². The number of hydrogen-bond donors (Lipinski definition) is 1. The molecular weight excluding hydrogens is 450 g/mol. The molecule has 4 aromatic rings. The van der Waals surface area contributed by atoms with Gasteiger partial charge in [0.15, 0.2) is 11.5 Å². The smallest absolute Gasteiger partial charge is 0.268 e. The monoisotopic (exact) mass is 463 g/mol. The van der Waals surface area contributed by atoms with E-state index in [9.17, 15) is 8.42 Å². The average molecular weight is 464 g/mol. The van der Waals surface area contributed by atoms with Gasteiger partial charge in [0.2, 0.25) is 11.6 Å². The van der Waals surface area contributed by atoms with E-state index < -0.39 is 10.0 Å². The quantitative estimate of drug-likeness (QED) is 0.482. The number of rotatable bonds is 5. The molecule has 0 unspecified atom stereocenters. The fourth-order valence-electron chi connectivity index (χ4n) is 2.70. The predicted molar refractivity (Wildman–Crippen MR) is 103 cm³/mol. The third kappa shape index (κ3) is 3.02. The molecule has 1 aromatic carbocycles. The summed E-state index contributed by atoms with van der Waals surface area (Å²) in [6.07, 6.45) is 1.46. The third-order valence-corrected chi connectivity index (χ3v) is 6.41. The Balaban J connectivity index is 1.87. The Hall–Kier alpha value is -2.92. The van der Waals surface area contributed by atoms with Crippen LogP contribution in [0.2, 0.25) is 0 Å². The highest BCUT2D eigenvalue weighted by molar-refractivity contribution is 9.10. The number of aromatic nitrogens is 5. The molecule has 0 amide bonds. The van der Waals surface area contributed by atoms with E-state index in [0.29, 0.717) is 15.9 Å². The predicted octanol–water partition coefficient (Wildman–Crippen LogP) is 3.24. The van der Waals surface area contributed by atoms with Crippen molar-refractivity contribution in [2.75, 3.05) is 7.11 Å². The average Bonchev–Trinajstić information content (AvgIpc) is 3.40. The van der Waals surface area contributed by atoms with Crippen LogP contribution in [-0.4, -0.2) is 40.1 Å². The second-order valence-electron chi connectivity index (χ2n) is 5.87. The van der Waals surface area contributed by atoms with Gasteiger partial charge in [0.1, 0.15) is 5.69 Å². The molecule has 4 rings (SSSR count). The van der Waals surface area contributed by atoms with Crippen LogP contribution in [0.1, 0.15) is 5.56 Å². The summed E-state index contributed by atoms with van der Waals surface area (Å²) in [6.45, 7) is 1.89. The van der Waals surface area contributed by atoms with E-state index in [1.807, 2.05) is 6.92 Å². The number of hydrogen-bond acceptors (Lipinski definition) is 7. The molecule has 0 spiro atoms. The minimum atomic E-state index is -3.84. The molecule has 0 saturated carbocycles. The highest BCUT2D eigenvalue weighted by atomic mass is 79.9. The lowest BCUT2D eigenvalue weighted by Gasteiger charge is -2.10. The Morgan fingerprint density at radius 3 is 2.61 bits per heavy atom. The maximum absolute atomic E-state index is 13.2. The lowest BCUT2D eigenvalue weighted by Crippen LogP contribution is -2.13. The first-order valence-electron chi connectivity index (χ1n) is 8.03. The van der Waals surface area contributed by atoms with Crippen LogP contribution in [0.4, 0.5) is 0 Å². The first kappa shape index (κ1) is 18.4. The van der Waals surface area contributed by atoms with E-state index in [4.69, 9.17) is 9.15 Å². The number of nitrogens with one attached hydrogen (secondary N) is 1. The lowest BCUT2D eigenvalue weighted by atomic mass is 10.2. The van der Waals surface area contributed by atoms with Crippen molar-refractivity contribution < 1.29 is 17.6 Å². The maximum atomic E-state index is 13.2. The molecule has 9 nitrogen and oxygen atoms in total. The molecule has 0 bridgehead atoms. The van der Waals surface area contributed by atoms with Gasteiger partial charge in [-0.2, -0.15) is 5.21 Å². The summed E-state index contributed by atoms with van der Waals surface area (Å²) in [6, 6.07) is 9.83. The second-order valence-corrected chi connectivity index (χ2v) is 8.54. The van der Waals surface area contributed by atoms with E-state index in [1.54, 1.807) is 36.4 Å². The van der Waals surface area contributed by atoms with Crippen molar-refractivity contribution in [2.24, 2.45) is 0 Å².